The number of amides is 1. The molecular weight excluding hydrogens is 460 g/mol. The van der Waals surface area contributed by atoms with Crippen LogP contribution in [0.2, 0.25) is 0 Å². The Bertz CT molecular complexity index is 1140. The van der Waals surface area contributed by atoms with Gasteiger partial charge in [0.05, 0.1) is 19.4 Å². The number of ether oxygens (including phenoxy) is 2. The minimum Gasteiger partial charge on any atom is -0.493 e. The number of rotatable bonds is 10. The molecule has 2 N–H and O–H groups in total. The van der Waals surface area contributed by atoms with Gasteiger partial charge in [0.2, 0.25) is 5.95 Å². The third-order valence-corrected chi connectivity index (χ3v) is 5.97. The van der Waals surface area contributed by atoms with E-state index in [4.69, 9.17) is 9.47 Å². The van der Waals surface area contributed by atoms with Crippen molar-refractivity contribution in [2.45, 2.75) is 6.42 Å². The smallest absolute Gasteiger partial charge is 0.417 e. The molecule has 1 aliphatic heterocycles. The SMILES string of the molecule is COc1cc(Nc2nccc(N(C(=O)O)c3ccccc3)n2)ccc1OCCCN1CCN(C)CC1. The number of nitrogens with zero attached hydrogens (tertiary/aromatic N) is 5. The summed E-state index contributed by atoms with van der Waals surface area (Å²) in [4.78, 5) is 26.5. The van der Waals surface area contributed by atoms with E-state index in [-0.39, 0.29) is 11.8 Å². The van der Waals surface area contributed by atoms with Gasteiger partial charge in [-0.3, -0.25) is 0 Å². The van der Waals surface area contributed by atoms with Crippen molar-refractivity contribution >= 4 is 29.2 Å². The summed E-state index contributed by atoms with van der Waals surface area (Å²) in [6, 6.07) is 15.8. The summed E-state index contributed by atoms with van der Waals surface area (Å²) in [5.74, 6) is 1.75. The first-order valence-corrected chi connectivity index (χ1v) is 11.9. The van der Waals surface area contributed by atoms with Crippen LogP contribution in [0.25, 0.3) is 0 Å². The topological polar surface area (TPSA) is 103 Å². The van der Waals surface area contributed by atoms with E-state index in [9.17, 15) is 9.90 Å². The van der Waals surface area contributed by atoms with Crippen molar-refractivity contribution in [3.63, 3.8) is 0 Å². The van der Waals surface area contributed by atoms with Crippen molar-refractivity contribution in [2.75, 3.05) is 63.7 Å². The van der Waals surface area contributed by atoms with Gasteiger partial charge in [-0.25, -0.2) is 14.7 Å². The lowest BCUT2D eigenvalue weighted by Gasteiger charge is -2.32. The van der Waals surface area contributed by atoms with Gasteiger partial charge >= 0.3 is 6.09 Å². The van der Waals surface area contributed by atoms with Crippen molar-refractivity contribution in [3.8, 4) is 11.5 Å². The van der Waals surface area contributed by atoms with Crippen LogP contribution in [0.5, 0.6) is 11.5 Å². The number of piperazine rings is 1. The van der Waals surface area contributed by atoms with E-state index in [1.165, 1.54) is 6.20 Å². The average Bonchev–Trinajstić information content (AvgIpc) is 2.89. The molecule has 1 aromatic heterocycles. The maximum atomic E-state index is 11.9. The molecular formula is C26H32N6O4. The van der Waals surface area contributed by atoms with Crippen LogP contribution in [0.1, 0.15) is 6.42 Å². The van der Waals surface area contributed by atoms with Gasteiger partial charge in [0.25, 0.3) is 0 Å². The fraction of sp³-hybridized carbons (Fsp3) is 0.346. The molecule has 1 fully saturated rings. The molecule has 4 rings (SSSR count). The van der Waals surface area contributed by atoms with Crippen LogP contribution >= 0.6 is 0 Å². The molecule has 0 unspecified atom stereocenters. The Morgan fingerprint density at radius 3 is 2.58 bits per heavy atom. The van der Waals surface area contributed by atoms with Gasteiger partial charge in [-0.2, -0.15) is 4.98 Å². The second-order valence-corrected chi connectivity index (χ2v) is 8.53. The Balaban J connectivity index is 1.38. The maximum Gasteiger partial charge on any atom is 0.417 e. The lowest BCUT2D eigenvalue weighted by atomic mass is 10.2. The number of aromatic nitrogens is 2. The van der Waals surface area contributed by atoms with Crippen LogP contribution in [0.15, 0.2) is 60.8 Å². The third-order valence-electron chi connectivity index (χ3n) is 5.97. The van der Waals surface area contributed by atoms with E-state index in [0.29, 0.717) is 29.5 Å². The van der Waals surface area contributed by atoms with E-state index in [1.54, 1.807) is 43.5 Å². The van der Waals surface area contributed by atoms with Crippen LogP contribution in [-0.2, 0) is 0 Å². The van der Waals surface area contributed by atoms with Crippen LogP contribution in [0.4, 0.5) is 27.9 Å². The van der Waals surface area contributed by atoms with Gasteiger partial charge in [-0.05, 0) is 37.7 Å². The highest BCUT2D eigenvalue weighted by Gasteiger charge is 2.19. The Kier molecular flexibility index (Phi) is 8.53. The summed E-state index contributed by atoms with van der Waals surface area (Å²) < 4.78 is 11.5. The van der Waals surface area contributed by atoms with Crippen LogP contribution < -0.4 is 19.7 Å². The van der Waals surface area contributed by atoms with Gasteiger partial charge in [-0.15, -0.1) is 0 Å². The number of para-hydroxylation sites is 1. The molecule has 2 aromatic carbocycles. The van der Waals surface area contributed by atoms with Crippen molar-refractivity contribution in [1.29, 1.82) is 0 Å². The number of carboxylic acid groups (broad SMARTS) is 1. The molecule has 10 nitrogen and oxygen atoms in total. The number of likely N-dealkylation sites (N-methyl/N-ethyl adjacent to an activating group) is 1. The molecule has 1 amide bonds. The van der Waals surface area contributed by atoms with E-state index in [1.807, 2.05) is 18.2 Å². The highest BCUT2D eigenvalue weighted by atomic mass is 16.5. The Morgan fingerprint density at radius 1 is 1.08 bits per heavy atom. The molecule has 0 spiro atoms. The largest absolute Gasteiger partial charge is 0.493 e. The normalized spacial score (nSPS) is 14.3. The molecule has 3 aromatic rings. The van der Waals surface area contributed by atoms with E-state index >= 15 is 0 Å². The van der Waals surface area contributed by atoms with Crippen LogP contribution in [-0.4, -0.2) is 84.5 Å². The van der Waals surface area contributed by atoms with Crippen molar-refractivity contribution in [1.82, 2.24) is 19.8 Å². The standard InChI is InChI=1S/C26H32N6O4/c1-30-14-16-31(17-15-30)13-6-18-36-22-10-9-20(19-23(22)35-2)28-25-27-12-11-24(29-25)32(26(33)34)21-7-4-3-5-8-21/h3-5,7-12,19H,6,13-18H2,1-2H3,(H,33,34)(H,27,28,29). The second kappa shape index (κ2) is 12.2. The fourth-order valence-electron chi connectivity index (χ4n) is 3.99. The Hall–Kier alpha value is -3.89. The average molecular weight is 493 g/mol. The molecule has 0 aliphatic carbocycles. The van der Waals surface area contributed by atoms with Crippen molar-refractivity contribution < 1.29 is 19.4 Å². The number of nitrogens with one attached hydrogen (secondary N) is 1. The predicted octanol–water partition coefficient (Wildman–Crippen LogP) is 4.06. The molecule has 1 saturated heterocycles. The third kappa shape index (κ3) is 6.61. The number of hydrogen-bond acceptors (Lipinski definition) is 8. The molecule has 1 aliphatic rings. The Labute approximate surface area is 211 Å². The highest BCUT2D eigenvalue weighted by molar-refractivity contribution is 5.93. The van der Waals surface area contributed by atoms with Gasteiger partial charge in [0.1, 0.15) is 5.82 Å². The summed E-state index contributed by atoms with van der Waals surface area (Å²) in [6.07, 6.45) is 1.31. The number of methoxy groups -OCH3 is 1. The highest BCUT2D eigenvalue weighted by Crippen LogP contribution is 2.32. The summed E-state index contributed by atoms with van der Waals surface area (Å²) in [5, 5.41) is 12.9. The van der Waals surface area contributed by atoms with Crippen molar-refractivity contribution in [2.24, 2.45) is 0 Å². The number of anilines is 4. The fourth-order valence-corrected chi connectivity index (χ4v) is 3.99. The molecule has 190 valence electrons. The molecule has 0 radical (unpaired) electrons. The monoisotopic (exact) mass is 492 g/mol. The summed E-state index contributed by atoms with van der Waals surface area (Å²) in [6.45, 7) is 6.02. The molecule has 2 heterocycles. The summed E-state index contributed by atoms with van der Waals surface area (Å²) in [7, 11) is 3.75. The first-order valence-electron chi connectivity index (χ1n) is 11.9. The zero-order valence-electron chi connectivity index (χ0n) is 20.6. The molecule has 36 heavy (non-hydrogen) atoms. The molecule has 0 bridgehead atoms. The second-order valence-electron chi connectivity index (χ2n) is 8.53. The van der Waals surface area contributed by atoms with Gasteiger partial charge in [-0.1, -0.05) is 18.2 Å². The zero-order valence-corrected chi connectivity index (χ0v) is 20.6. The lowest BCUT2D eigenvalue weighted by molar-refractivity contribution is 0.145. The first-order chi connectivity index (χ1) is 17.5. The lowest BCUT2D eigenvalue weighted by Crippen LogP contribution is -2.44. The minimum absolute atomic E-state index is 0.235. The molecule has 10 heteroatoms. The van der Waals surface area contributed by atoms with Crippen molar-refractivity contribution in [3.05, 3.63) is 60.8 Å². The van der Waals surface area contributed by atoms with E-state index in [0.717, 1.165) is 44.0 Å². The first kappa shape index (κ1) is 25.2. The zero-order chi connectivity index (χ0) is 25.3. The predicted molar refractivity (Wildman–Crippen MR) is 139 cm³/mol. The Morgan fingerprint density at radius 2 is 1.86 bits per heavy atom. The quantitative estimate of drug-likeness (QED) is 0.406. The van der Waals surface area contributed by atoms with Gasteiger partial charge < -0.3 is 29.7 Å². The number of benzene rings is 2. The number of carbonyl (C=O) groups is 1. The van der Waals surface area contributed by atoms with Crippen LogP contribution in [0.3, 0.4) is 0 Å². The summed E-state index contributed by atoms with van der Waals surface area (Å²) in [5.41, 5.74) is 1.18. The van der Waals surface area contributed by atoms with E-state index in [2.05, 4.69) is 32.1 Å². The minimum atomic E-state index is -1.14. The van der Waals surface area contributed by atoms with Gasteiger partial charge in [0, 0.05) is 56.7 Å². The molecule has 0 saturated carbocycles. The van der Waals surface area contributed by atoms with Crippen LogP contribution in [0, 0.1) is 0 Å². The van der Waals surface area contributed by atoms with E-state index < -0.39 is 6.09 Å². The summed E-state index contributed by atoms with van der Waals surface area (Å²) >= 11 is 0. The molecule has 0 atom stereocenters. The number of hydrogen-bond donors (Lipinski definition) is 2. The maximum absolute atomic E-state index is 11.9. The van der Waals surface area contributed by atoms with Gasteiger partial charge in [0.15, 0.2) is 11.5 Å².